The zero-order valence-corrected chi connectivity index (χ0v) is 21.5. The van der Waals surface area contributed by atoms with Crippen molar-refractivity contribution in [3.05, 3.63) is 46.5 Å². The number of ether oxygens (including phenoxy) is 2. The fourth-order valence-electron chi connectivity index (χ4n) is 4.94. The lowest BCUT2D eigenvalue weighted by atomic mass is 9.86. The second-order valence-corrected chi connectivity index (χ2v) is 10.3. The van der Waals surface area contributed by atoms with Gasteiger partial charge in [0.25, 0.3) is 17.2 Å². The molecule has 0 aromatic carbocycles. The molecule has 37 heavy (non-hydrogen) atoms. The molecule has 1 fully saturated rings. The molecule has 1 aliphatic carbocycles. The summed E-state index contributed by atoms with van der Waals surface area (Å²) in [6, 6.07) is 3.31. The lowest BCUT2D eigenvalue weighted by Gasteiger charge is -2.30. The first-order valence-corrected chi connectivity index (χ1v) is 12.5. The van der Waals surface area contributed by atoms with Gasteiger partial charge in [-0.05, 0) is 51.5 Å². The molecule has 0 spiro atoms. The van der Waals surface area contributed by atoms with Crippen molar-refractivity contribution in [1.82, 2.24) is 19.9 Å². The molecule has 0 atom stereocenters. The van der Waals surface area contributed by atoms with Crippen molar-refractivity contribution in [1.29, 1.82) is 0 Å². The third kappa shape index (κ3) is 4.87. The van der Waals surface area contributed by atoms with Crippen molar-refractivity contribution in [3.8, 4) is 11.5 Å². The number of hydrogen-bond donors (Lipinski definition) is 2. The maximum atomic E-state index is 14.6. The average Bonchev–Trinajstić information content (AvgIpc) is 2.87. The van der Waals surface area contributed by atoms with Crippen LogP contribution in [0.4, 0.5) is 10.2 Å². The van der Waals surface area contributed by atoms with Gasteiger partial charge in [0.05, 0.1) is 31.9 Å². The van der Waals surface area contributed by atoms with E-state index in [1.807, 2.05) is 11.6 Å². The highest BCUT2D eigenvalue weighted by atomic mass is 19.1. The molecule has 1 aliphatic heterocycles. The van der Waals surface area contributed by atoms with Crippen LogP contribution in [0.1, 0.15) is 45.4 Å². The minimum Gasteiger partial charge on any atom is -0.488 e. The summed E-state index contributed by atoms with van der Waals surface area (Å²) in [5.41, 5.74) is -0.281. The summed E-state index contributed by atoms with van der Waals surface area (Å²) in [5.74, 6) is 1.55. The molecule has 0 unspecified atom stereocenters. The average molecular weight is 512 g/mol. The van der Waals surface area contributed by atoms with Crippen LogP contribution in [0.5, 0.6) is 11.5 Å². The quantitative estimate of drug-likeness (QED) is 0.488. The Bertz CT molecular complexity index is 1410. The Labute approximate surface area is 213 Å². The van der Waals surface area contributed by atoms with Crippen molar-refractivity contribution in [3.63, 3.8) is 0 Å². The van der Waals surface area contributed by atoms with Crippen LogP contribution in [0, 0.1) is 11.7 Å². The van der Waals surface area contributed by atoms with Crippen LogP contribution in [0.25, 0.3) is 11.0 Å². The van der Waals surface area contributed by atoms with E-state index in [0.29, 0.717) is 41.8 Å². The van der Waals surface area contributed by atoms with Crippen LogP contribution < -0.4 is 30.2 Å². The number of carbonyl (C=O) groups is 1. The van der Waals surface area contributed by atoms with Gasteiger partial charge < -0.3 is 19.4 Å². The Balaban J connectivity index is 1.16. The van der Waals surface area contributed by atoms with Crippen molar-refractivity contribution in [2.45, 2.75) is 57.7 Å². The second kappa shape index (κ2) is 9.70. The van der Waals surface area contributed by atoms with Gasteiger partial charge in [0.15, 0.2) is 23.4 Å². The van der Waals surface area contributed by atoms with E-state index < -0.39 is 11.4 Å². The molecular weight excluding hydrogens is 479 g/mol. The minimum atomic E-state index is -0.934. The van der Waals surface area contributed by atoms with Crippen molar-refractivity contribution in [2.75, 3.05) is 11.9 Å². The molecule has 11 heteroatoms. The van der Waals surface area contributed by atoms with E-state index in [0.717, 1.165) is 37.7 Å². The molecule has 0 bridgehead atoms. The van der Waals surface area contributed by atoms with E-state index >= 15 is 0 Å². The lowest BCUT2D eigenvalue weighted by Crippen LogP contribution is -2.52. The summed E-state index contributed by atoms with van der Waals surface area (Å²) in [6.45, 7) is 4.38. The summed E-state index contributed by atoms with van der Waals surface area (Å²) in [5, 5.41) is 6.49. The summed E-state index contributed by atoms with van der Waals surface area (Å²) in [6.07, 6.45) is 6.56. The van der Waals surface area contributed by atoms with Crippen molar-refractivity contribution < 1.29 is 23.2 Å². The number of nitrogens with zero attached hydrogens (tertiary/aromatic N) is 4. The molecule has 3 aromatic heterocycles. The van der Waals surface area contributed by atoms with Gasteiger partial charge in [-0.2, -0.15) is 0 Å². The van der Waals surface area contributed by atoms with Crippen LogP contribution in [-0.2, 0) is 25.4 Å². The van der Waals surface area contributed by atoms with Crippen LogP contribution in [0.15, 0.2) is 29.3 Å². The number of halogens is 1. The molecule has 2 aliphatic rings. The van der Waals surface area contributed by atoms with Gasteiger partial charge in [0.2, 0.25) is 5.75 Å². The molecule has 0 saturated heterocycles. The number of hydrogen-bond acceptors (Lipinski definition) is 7. The molecule has 2 N–H and O–H groups in total. The van der Waals surface area contributed by atoms with E-state index in [2.05, 4.69) is 20.6 Å². The second-order valence-electron chi connectivity index (χ2n) is 10.3. The number of aromatic nitrogens is 4. The molecule has 196 valence electrons. The fourth-order valence-corrected chi connectivity index (χ4v) is 4.94. The van der Waals surface area contributed by atoms with Gasteiger partial charge in [0, 0.05) is 19.2 Å². The molecule has 4 heterocycles. The normalized spacial score (nSPS) is 20.7. The highest BCUT2D eigenvalue weighted by Crippen LogP contribution is 2.31. The van der Waals surface area contributed by atoms with Crippen LogP contribution >= 0.6 is 0 Å². The molecule has 10 nitrogen and oxygen atoms in total. The molecule has 1 saturated carbocycles. The van der Waals surface area contributed by atoms with Crippen molar-refractivity contribution in [2.24, 2.45) is 20.0 Å². The summed E-state index contributed by atoms with van der Waals surface area (Å²) >= 11 is 0. The van der Waals surface area contributed by atoms with Gasteiger partial charge >= 0.3 is 5.91 Å². The number of carbonyl (C=O) groups excluding carboxylic acids is 1. The lowest BCUT2D eigenvalue weighted by molar-refractivity contribution is -0.669. The van der Waals surface area contributed by atoms with E-state index in [1.165, 1.54) is 10.6 Å². The Hall–Kier alpha value is -3.60. The van der Waals surface area contributed by atoms with E-state index in [1.54, 1.807) is 33.2 Å². The monoisotopic (exact) mass is 511 g/mol. The molecule has 1 amide bonds. The number of fused-ring (bicyclic) bond motifs is 2. The number of anilines is 1. The van der Waals surface area contributed by atoms with Gasteiger partial charge in [-0.25, -0.2) is 14.3 Å². The standard InChI is InChI=1S/C26H31FN6O4/c1-26(2)25(35)31-24-19(37-26)12-30-20(32(24)3)13-28-16-7-5-15(6-8-16)14-36-23-17(27)11-29-18-9-10-21(34)33(4)22(18)23/h9-12,15-16,28H,5-8,13-14H2,1-4H3/p+1. The number of amides is 1. The Morgan fingerprint density at radius 1 is 1.22 bits per heavy atom. The van der Waals surface area contributed by atoms with Crippen LogP contribution in [0.2, 0.25) is 0 Å². The highest BCUT2D eigenvalue weighted by Gasteiger charge is 2.41. The summed E-state index contributed by atoms with van der Waals surface area (Å²) in [4.78, 5) is 33.0. The van der Waals surface area contributed by atoms with Gasteiger partial charge in [-0.3, -0.25) is 14.6 Å². The van der Waals surface area contributed by atoms with Crippen LogP contribution in [0.3, 0.4) is 0 Å². The highest BCUT2D eigenvalue weighted by molar-refractivity contribution is 5.98. The zero-order valence-electron chi connectivity index (χ0n) is 21.5. The first kappa shape index (κ1) is 25.1. The zero-order chi connectivity index (χ0) is 26.3. The minimum absolute atomic E-state index is 0.0795. The predicted molar refractivity (Wildman–Crippen MR) is 134 cm³/mol. The van der Waals surface area contributed by atoms with Gasteiger partial charge in [-0.1, -0.05) is 0 Å². The summed E-state index contributed by atoms with van der Waals surface area (Å²) < 4.78 is 29.5. The predicted octanol–water partition coefficient (Wildman–Crippen LogP) is 2.13. The van der Waals surface area contributed by atoms with Gasteiger partial charge in [0.1, 0.15) is 5.52 Å². The first-order chi connectivity index (χ1) is 17.6. The van der Waals surface area contributed by atoms with E-state index in [-0.39, 0.29) is 23.1 Å². The molecule has 3 aromatic rings. The number of nitrogens with one attached hydrogen (secondary N) is 2. The number of aryl methyl sites for hydroxylation is 1. The van der Waals surface area contributed by atoms with E-state index in [9.17, 15) is 14.0 Å². The Morgan fingerprint density at radius 3 is 2.73 bits per heavy atom. The van der Waals surface area contributed by atoms with Crippen LogP contribution in [-0.4, -0.2) is 38.7 Å². The van der Waals surface area contributed by atoms with Crippen molar-refractivity contribution >= 4 is 22.8 Å². The number of pyridine rings is 2. The topological polar surface area (TPSA) is 111 Å². The molecular formula is C26H32FN6O4+. The van der Waals surface area contributed by atoms with Gasteiger partial charge in [-0.15, -0.1) is 4.98 Å². The third-order valence-electron chi connectivity index (χ3n) is 7.33. The fraction of sp³-hybridized carbons (Fsp3) is 0.500. The first-order valence-electron chi connectivity index (χ1n) is 12.5. The SMILES string of the molecule is Cn1c(=O)ccc2ncc(F)c(OCC3CCC(NCc4ncc5c([n+]4C)NC(=O)C(C)(C)O5)CC3)c21. The third-order valence-corrected chi connectivity index (χ3v) is 7.33. The smallest absolute Gasteiger partial charge is 0.323 e. The maximum absolute atomic E-state index is 14.6. The maximum Gasteiger partial charge on any atom is 0.323 e. The Kier molecular flexibility index (Phi) is 6.57. The largest absolute Gasteiger partial charge is 0.488 e. The molecule has 5 rings (SSSR count). The number of rotatable bonds is 6. The van der Waals surface area contributed by atoms with E-state index in [4.69, 9.17) is 9.47 Å². The summed E-state index contributed by atoms with van der Waals surface area (Å²) in [7, 11) is 3.45. The Morgan fingerprint density at radius 2 is 1.97 bits per heavy atom. The molecule has 0 radical (unpaired) electrons.